The van der Waals surface area contributed by atoms with Crippen LogP contribution < -0.4 is 9.47 Å². The molecule has 0 N–H and O–H groups in total. The van der Waals surface area contributed by atoms with Gasteiger partial charge in [0.1, 0.15) is 24.0 Å². The minimum absolute atomic E-state index is 0.0396. The molecule has 3 unspecified atom stereocenters. The summed E-state index contributed by atoms with van der Waals surface area (Å²) in [5.41, 5.74) is 3.72. The van der Waals surface area contributed by atoms with E-state index in [1.54, 1.807) is 14.2 Å². The molecule has 7 nitrogen and oxygen atoms in total. The summed E-state index contributed by atoms with van der Waals surface area (Å²) in [6, 6.07) is 18.9. The van der Waals surface area contributed by atoms with E-state index in [9.17, 15) is 9.59 Å². The smallest absolute Gasteiger partial charge is 0.316 e. The quantitative estimate of drug-likeness (QED) is 0.364. The highest BCUT2D eigenvalue weighted by Gasteiger charge is 2.46. The van der Waals surface area contributed by atoms with E-state index < -0.39 is 17.8 Å². The molecule has 3 aromatic rings. The van der Waals surface area contributed by atoms with Gasteiger partial charge in [0.15, 0.2) is 17.3 Å². The normalized spacial score (nSPS) is 21.0. The van der Waals surface area contributed by atoms with E-state index in [2.05, 4.69) is 0 Å². The molecular weight excluding hydrogens is 482 g/mol. The van der Waals surface area contributed by atoms with Gasteiger partial charge < -0.3 is 18.6 Å². The zero-order valence-electron chi connectivity index (χ0n) is 22.0. The van der Waals surface area contributed by atoms with E-state index in [4.69, 9.17) is 23.6 Å². The maximum atomic E-state index is 13.8. The van der Waals surface area contributed by atoms with Gasteiger partial charge in [-0.25, -0.2) is 0 Å². The number of nitrogens with zero attached hydrogens (tertiary/aromatic N) is 1. The first-order valence-electron chi connectivity index (χ1n) is 12.7. The predicted octanol–water partition coefficient (Wildman–Crippen LogP) is 5.92. The van der Waals surface area contributed by atoms with Crippen LogP contribution in [-0.4, -0.2) is 31.7 Å². The van der Waals surface area contributed by atoms with Gasteiger partial charge in [-0.05, 0) is 61.6 Å². The van der Waals surface area contributed by atoms with E-state index in [0.29, 0.717) is 52.8 Å². The molecule has 0 radical (unpaired) electrons. The maximum absolute atomic E-state index is 13.8. The zero-order chi connectivity index (χ0) is 26.8. The predicted molar refractivity (Wildman–Crippen MR) is 143 cm³/mol. The topological polar surface area (TPSA) is 87.3 Å². The molecule has 3 atom stereocenters. The van der Waals surface area contributed by atoms with Crippen LogP contribution in [-0.2, 0) is 20.9 Å². The number of allylic oxidation sites excluding steroid dienone is 2. The second-order valence-electron chi connectivity index (χ2n) is 9.75. The summed E-state index contributed by atoms with van der Waals surface area (Å²) in [6.07, 6.45) is 0.862. The third-order valence-corrected chi connectivity index (χ3v) is 7.31. The Bertz CT molecular complexity index is 1420. The van der Waals surface area contributed by atoms with Gasteiger partial charge >= 0.3 is 5.97 Å². The SMILES string of the molecule is COc1ccc(C2CC(=O)C3=C(C2)N=C(C)C(C(=O)OCc2ccccc2)C3c2ccc(C)o2)cc1OC. The number of carbonyl (C=O) groups excluding carboxylic acids is 2. The molecule has 1 aliphatic heterocycles. The molecule has 0 fully saturated rings. The Morgan fingerprint density at radius 1 is 0.974 bits per heavy atom. The van der Waals surface area contributed by atoms with Crippen molar-refractivity contribution < 1.29 is 28.2 Å². The van der Waals surface area contributed by atoms with Crippen LogP contribution in [0.3, 0.4) is 0 Å². The van der Waals surface area contributed by atoms with E-state index in [1.807, 2.05) is 74.5 Å². The van der Waals surface area contributed by atoms with Gasteiger partial charge in [0.05, 0.1) is 20.1 Å². The summed E-state index contributed by atoms with van der Waals surface area (Å²) in [6.45, 7) is 3.82. The van der Waals surface area contributed by atoms with Gasteiger partial charge in [0.2, 0.25) is 0 Å². The first kappa shape index (κ1) is 25.5. The van der Waals surface area contributed by atoms with Crippen molar-refractivity contribution in [3.8, 4) is 11.5 Å². The molecule has 196 valence electrons. The van der Waals surface area contributed by atoms with Crippen molar-refractivity contribution in [1.29, 1.82) is 0 Å². The number of aliphatic imine (C=N–C) groups is 1. The molecule has 2 aromatic carbocycles. The Hall–Kier alpha value is -4.13. The van der Waals surface area contributed by atoms with Crippen LogP contribution in [0.4, 0.5) is 0 Å². The fourth-order valence-electron chi connectivity index (χ4n) is 5.45. The lowest BCUT2D eigenvalue weighted by molar-refractivity contribution is -0.148. The fourth-order valence-corrected chi connectivity index (χ4v) is 5.45. The molecular formula is C31H31NO6. The number of ether oxygens (including phenoxy) is 3. The molecule has 2 aliphatic rings. The minimum Gasteiger partial charge on any atom is -0.493 e. The lowest BCUT2D eigenvalue weighted by atomic mass is 9.70. The van der Waals surface area contributed by atoms with E-state index in [1.165, 1.54) is 0 Å². The highest BCUT2D eigenvalue weighted by Crippen LogP contribution is 2.47. The van der Waals surface area contributed by atoms with Crippen LogP contribution in [0.5, 0.6) is 11.5 Å². The second-order valence-corrected chi connectivity index (χ2v) is 9.75. The Morgan fingerprint density at radius 2 is 1.74 bits per heavy atom. The summed E-state index contributed by atoms with van der Waals surface area (Å²) in [4.78, 5) is 32.0. The van der Waals surface area contributed by atoms with Crippen LogP contribution in [0.2, 0.25) is 0 Å². The van der Waals surface area contributed by atoms with E-state index >= 15 is 0 Å². The van der Waals surface area contributed by atoms with Gasteiger partial charge in [-0.15, -0.1) is 0 Å². The van der Waals surface area contributed by atoms with E-state index in [-0.39, 0.29) is 18.3 Å². The highest BCUT2D eigenvalue weighted by atomic mass is 16.5. The zero-order valence-corrected chi connectivity index (χ0v) is 22.0. The first-order chi connectivity index (χ1) is 18.4. The van der Waals surface area contributed by atoms with Crippen LogP contribution in [0.15, 0.2) is 81.3 Å². The van der Waals surface area contributed by atoms with Gasteiger partial charge in [0.25, 0.3) is 0 Å². The number of furan rings is 1. The minimum atomic E-state index is -0.746. The molecule has 0 amide bonds. The standard InChI is InChI=1S/C31H31NO6/c1-18-10-12-26(38-18)30-28(31(34)37-17-20-8-6-5-7-9-20)19(2)32-23-14-22(15-24(33)29(23)30)21-11-13-25(35-3)27(16-21)36-4/h5-13,16,22,28,30H,14-15,17H2,1-4H3. The third kappa shape index (κ3) is 4.88. The summed E-state index contributed by atoms with van der Waals surface area (Å²) >= 11 is 0. The molecule has 0 bridgehead atoms. The van der Waals surface area contributed by atoms with Gasteiger partial charge in [0, 0.05) is 23.4 Å². The van der Waals surface area contributed by atoms with Gasteiger partial charge in [-0.2, -0.15) is 0 Å². The van der Waals surface area contributed by atoms with Gasteiger partial charge in [-0.3, -0.25) is 14.6 Å². The summed E-state index contributed by atoms with van der Waals surface area (Å²) in [5, 5.41) is 0. The lowest BCUT2D eigenvalue weighted by Gasteiger charge is -2.35. The second kappa shape index (κ2) is 10.7. The van der Waals surface area contributed by atoms with Crippen molar-refractivity contribution in [2.75, 3.05) is 14.2 Å². The van der Waals surface area contributed by atoms with Crippen molar-refractivity contribution in [2.24, 2.45) is 10.9 Å². The number of methoxy groups -OCH3 is 2. The Kier molecular flexibility index (Phi) is 7.18. The Morgan fingerprint density at radius 3 is 2.42 bits per heavy atom. The molecule has 1 aromatic heterocycles. The average Bonchev–Trinajstić information content (AvgIpc) is 3.36. The first-order valence-corrected chi connectivity index (χ1v) is 12.7. The Labute approximate surface area is 222 Å². The van der Waals surface area contributed by atoms with Crippen molar-refractivity contribution in [3.05, 3.63) is 94.6 Å². The summed E-state index contributed by atoms with van der Waals surface area (Å²) in [5.74, 6) is 0.675. The number of benzene rings is 2. The molecule has 5 rings (SSSR count). The number of aryl methyl sites for hydroxylation is 1. The lowest BCUT2D eigenvalue weighted by Crippen LogP contribution is -2.38. The summed E-state index contributed by atoms with van der Waals surface area (Å²) < 4.78 is 22.6. The van der Waals surface area contributed by atoms with Crippen molar-refractivity contribution >= 4 is 17.5 Å². The Balaban J connectivity index is 1.48. The molecule has 0 spiro atoms. The summed E-state index contributed by atoms with van der Waals surface area (Å²) in [7, 11) is 3.19. The number of carbonyl (C=O) groups is 2. The van der Waals surface area contributed by atoms with Crippen molar-refractivity contribution in [1.82, 2.24) is 0 Å². The molecule has 1 aliphatic carbocycles. The number of hydrogen-bond donors (Lipinski definition) is 0. The molecule has 7 heteroatoms. The highest BCUT2D eigenvalue weighted by molar-refractivity contribution is 6.09. The van der Waals surface area contributed by atoms with Gasteiger partial charge in [-0.1, -0.05) is 36.4 Å². The van der Waals surface area contributed by atoms with Crippen LogP contribution in [0, 0.1) is 12.8 Å². The van der Waals surface area contributed by atoms with Crippen molar-refractivity contribution in [3.63, 3.8) is 0 Å². The van der Waals surface area contributed by atoms with Crippen LogP contribution >= 0.6 is 0 Å². The number of ketones is 1. The van der Waals surface area contributed by atoms with Crippen molar-refractivity contribution in [2.45, 2.75) is 45.1 Å². The van der Waals surface area contributed by atoms with E-state index in [0.717, 1.165) is 11.1 Å². The monoisotopic (exact) mass is 513 g/mol. The van der Waals surface area contributed by atoms with Crippen LogP contribution in [0.25, 0.3) is 0 Å². The number of rotatable bonds is 7. The molecule has 2 heterocycles. The molecule has 38 heavy (non-hydrogen) atoms. The fraction of sp³-hybridized carbons (Fsp3) is 0.323. The number of Topliss-reactive ketones (excluding diaryl/α,β-unsaturated/α-hetero) is 1. The van der Waals surface area contributed by atoms with Crippen LogP contribution in [0.1, 0.15) is 54.2 Å². The average molecular weight is 514 g/mol. The molecule has 0 saturated carbocycles. The molecule has 0 saturated heterocycles. The maximum Gasteiger partial charge on any atom is 0.316 e. The third-order valence-electron chi connectivity index (χ3n) is 7.31. The number of esters is 1. The largest absolute Gasteiger partial charge is 0.493 e. The number of hydrogen-bond acceptors (Lipinski definition) is 7.